The lowest BCUT2D eigenvalue weighted by Crippen LogP contribution is -2.40. The van der Waals surface area contributed by atoms with E-state index in [-0.39, 0.29) is 22.7 Å². The molecule has 0 aliphatic carbocycles. The Hall–Kier alpha value is -4.46. The normalized spacial score (nSPS) is 12.8. The maximum Gasteiger partial charge on any atom is 0.274 e. The highest BCUT2D eigenvalue weighted by Crippen LogP contribution is 2.30. The van der Waals surface area contributed by atoms with Crippen LogP contribution in [-0.2, 0) is 26.6 Å². The van der Waals surface area contributed by atoms with E-state index in [0.29, 0.717) is 42.9 Å². The van der Waals surface area contributed by atoms with Gasteiger partial charge in [0.15, 0.2) is 0 Å². The predicted molar refractivity (Wildman–Crippen MR) is 136 cm³/mol. The molecule has 3 heterocycles. The summed E-state index contributed by atoms with van der Waals surface area (Å²) in [4.78, 5) is 40.5. The summed E-state index contributed by atoms with van der Waals surface area (Å²) in [7, 11) is 3.10. The van der Waals surface area contributed by atoms with Gasteiger partial charge < -0.3 is 14.2 Å². The van der Waals surface area contributed by atoms with Crippen LogP contribution in [0, 0.1) is 0 Å². The van der Waals surface area contributed by atoms with Crippen molar-refractivity contribution < 1.29 is 9.53 Å². The van der Waals surface area contributed by atoms with Crippen LogP contribution in [0.1, 0.15) is 27.3 Å². The zero-order valence-corrected chi connectivity index (χ0v) is 20.2. The average Bonchev–Trinajstić information content (AvgIpc) is 2.91. The summed E-state index contributed by atoms with van der Waals surface area (Å²) < 4.78 is 8.52. The minimum Gasteiger partial charge on any atom is -0.496 e. The molecule has 1 aliphatic heterocycles. The van der Waals surface area contributed by atoms with Crippen LogP contribution < -0.4 is 15.9 Å². The number of amides is 1. The quantitative estimate of drug-likeness (QED) is 0.437. The van der Waals surface area contributed by atoms with E-state index < -0.39 is 0 Å². The van der Waals surface area contributed by atoms with Crippen LogP contribution in [0.4, 0.5) is 0 Å². The number of methoxy groups -OCH3 is 1. The number of ether oxygens (including phenoxy) is 1. The van der Waals surface area contributed by atoms with Crippen molar-refractivity contribution in [2.45, 2.75) is 19.5 Å². The van der Waals surface area contributed by atoms with Crippen molar-refractivity contribution in [3.63, 3.8) is 0 Å². The molecule has 0 saturated carbocycles. The lowest BCUT2D eigenvalue weighted by atomic mass is 9.98. The summed E-state index contributed by atoms with van der Waals surface area (Å²) >= 11 is 0. The molecule has 0 N–H and O–H groups in total. The van der Waals surface area contributed by atoms with E-state index in [1.807, 2.05) is 65.2 Å². The van der Waals surface area contributed by atoms with Gasteiger partial charge in [-0.1, -0.05) is 48.5 Å². The number of pyridine rings is 1. The largest absolute Gasteiger partial charge is 0.496 e. The second-order valence-corrected chi connectivity index (χ2v) is 8.76. The fourth-order valence-electron chi connectivity index (χ4n) is 4.66. The minimum absolute atomic E-state index is 0.0957. The van der Waals surface area contributed by atoms with Crippen molar-refractivity contribution in [1.82, 2.24) is 19.2 Å². The van der Waals surface area contributed by atoms with Gasteiger partial charge in [0.2, 0.25) is 0 Å². The minimum atomic E-state index is -0.276. The second-order valence-electron chi connectivity index (χ2n) is 8.76. The van der Waals surface area contributed by atoms with Gasteiger partial charge in [0.25, 0.3) is 17.0 Å². The maximum absolute atomic E-state index is 13.8. The summed E-state index contributed by atoms with van der Waals surface area (Å²) in [6.07, 6.45) is 0.529. The third-order valence-corrected chi connectivity index (χ3v) is 6.52. The van der Waals surface area contributed by atoms with Crippen molar-refractivity contribution in [3.05, 3.63) is 116 Å². The first-order chi connectivity index (χ1) is 17.5. The number of nitrogens with zero attached hydrogens (tertiary/aromatic N) is 4. The Labute approximate surface area is 208 Å². The van der Waals surface area contributed by atoms with Crippen molar-refractivity contribution in [2.75, 3.05) is 13.7 Å². The second kappa shape index (κ2) is 9.65. The molecule has 0 spiro atoms. The molecule has 8 nitrogen and oxygen atoms in total. The first-order valence-electron chi connectivity index (χ1n) is 11.7. The number of hydrogen-bond acceptors (Lipinski definition) is 5. The third kappa shape index (κ3) is 4.33. The number of fused-ring (bicyclic) bond motifs is 1. The van der Waals surface area contributed by atoms with Crippen molar-refractivity contribution in [3.8, 4) is 16.9 Å². The number of benzene rings is 2. The van der Waals surface area contributed by atoms with Gasteiger partial charge in [-0.15, -0.1) is 0 Å². The Balaban J connectivity index is 1.60. The molecule has 36 heavy (non-hydrogen) atoms. The molecule has 0 bridgehead atoms. The summed E-state index contributed by atoms with van der Waals surface area (Å²) in [6.45, 7) is 1.20. The molecule has 0 atom stereocenters. The molecule has 5 rings (SSSR count). The number of carbonyl (C=O) groups is 1. The Morgan fingerprint density at radius 2 is 1.72 bits per heavy atom. The van der Waals surface area contributed by atoms with Crippen LogP contribution in [0.5, 0.6) is 5.75 Å². The van der Waals surface area contributed by atoms with Crippen LogP contribution in [0.25, 0.3) is 11.1 Å². The fraction of sp³-hybridized carbons (Fsp3) is 0.214. The number of carbonyl (C=O) groups excluding carboxylic acids is 1. The maximum atomic E-state index is 13.8. The predicted octanol–water partition coefficient (Wildman–Crippen LogP) is 2.86. The number of rotatable bonds is 5. The number of aryl methyl sites for hydroxylation is 1. The molecule has 2 aromatic heterocycles. The molecule has 182 valence electrons. The van der Waals surface area contributed by atoms with Crippen LogP contribution >= 0.6 is 0 Å². The summed E-state index contributed by atoms with van der Waals surface area (Å²) in [5, 5.41) is 4.12. The summed E-state index contributed by atoms with van der Waals surface area (Å²) in [5.41, 5.74) is 3.91. The van der Waals surface area contributed by atoms with Crippen molar-refractivity contribution in [2.24, 2.45) is 7.05 Å². The van der Waals surface area contributed by atoms with Gasteiger partial charge in [0.1, 0.15) is 11.4 Å². The monoisotopic (exact) mass is 482 g/mol. The standard InChI is InChI=1S/C28H26N4O4/c1-30-26(33)13-12-23(29-30)28(35)31-15-14-24-20(18-31)16-22(21-10-6-7-11-25(21)36-2)27(34)32(24)17-19-8-4-3-5-9-19/h3-13,16H,14-15,17-18H2,1-2H3. The summed E-state index contributed by atoms with van der Waals surface area (Å²) in [6, 6.07) is 22.0. The van der Waals surface area contributed by atoms with Crippen molar-refractivity contribution in [1.29, 1.82) is 0 Å². The highest BCUT2D eigenvalue weighted by atomic mass is 16.5. The molecule has 1 amide bonds. The molecule has 4 aromatic rings. The van der Waals surface area contributed by atoms with Crippen LogP contribution in [0.15, 0.2) is 82.4 Å². The topological polar surface area (TPSA) is 86.4 Å². The molecule has 0 radical (unpaired) electrons. The Morgan fingerprint density at radius 1 is 0.972 bits per heavy atom. The van der Waals surface area contributed by atoms with E-state index in [2.05, 4.69) is 5.10 Å². The lowest BCUT2D eigenvalue weighted by Gasteiger charge is -2.31. The van der Waals surface area contributed by atoms with E-state index in [1.165, 1.54) is 19.2 Å². The first-order valence-corrected chi connectivity index (χ1v) is 11.7. The van der Waals surface area contributed by atoms with E-state index in [1.54, 1.807) is 12.0 Å². The molecule has 0 saturated heterocycles. The van der Waals surface area contributed by atoms with Gasteiger partial charge in [-0.3, -0.25) is 14.4 Å². The molecular formula is C28H26N4O4. The van der Waals surface area contributed by atoms with Gasteiger partial charge in [-0.05, 0) is 29.3 Å². The number of hydrogen-bond donors (Lipinski definition) is 0. The zero-order chi connectivity index (χ0) is 25.2. The van der Waals surface area contributed by atoms with E-state index in [4.69, 9.17) is 4.74 Å². The van der Waals surface area contributed by atoms with Crippen LogP contribution in [0.2, 0.25) is 0 Å². The Bertz CT molecular complexity index is 1560. The third-order valence-electron chi connectivity index (χ3n) is 6.52. The van der Waals surface area contributed by atoms with Gasteiger partial charge in [0, 0.05) is 43.9 Å². The van der Waals surface area contributed by atoms with E-state index >= 15 is 0 Å². The van der Waals surface area contributed by atoms with E-state index in [9.17, 15) is 14.4 Å². The molecule has 1 aliphatic rings. The van der Waals surface area contributed by atoms with E-state index in [0.717, 1.165) is 21.5 Å². The lowest BCUT2D eigenvalue weighted by molar-refractivity contribution is 0.0723. The van der Waals surface area contributed by atoms with Crippen molar-refractivity contribution >= 4 is 5.91 Å². The fourth-order valence-corrected chi connectivity index (χ4v) is 4.66. The SMILES string of the molecule is COc1ccccc1-c1cc2c(n(Cc3ccccc3)c1=O)CCN(C(=O)c1ccc(=O)n(C)n1)C2. The first kappa shape index (κ1) is 23.3. The van der Waals surface area contributed by atoms with Crippen LogP contribution in [0.3, 0.4) is 0 Å². The smallest absolute Gasteiger partial charge is 0.274 e. The molecule has 0 fully saturated rings. The highest BCUT2D eigenvalue weighted by Gasteiger charge is 2.27. The average molecular weight is 483 g/mol. The molecule has 8 heteroatoms. The zero-order valence-electron chi connectivity index (χ0n) is 20.2. The van der Waals surface area contributed by atoms with Gasteiger partial charge in [0.05, 0.1) is 19.2 Å². The molecule has 0 unspecified atom stereocenters. The summed E-state index contributed by atoms with van der Waals surface area (Å²) in [5.74, 6) is 0.356. The highest BCUT2D eigenvalue weighted by molar-refractivity contribution is 5.92. The number of para-hydroxylation sites is 1. The molecular weight excluding hydrogens is 456 g/mol. The van der Waals surface area contributed by atoms with Gasteiger partial charge >= 0.3 is 0 Å². The Kier molecular flexibility index (Phi) is 6.25. The molecule has 2 aromatic carbocycles. The van der Waals surface area contributed by atoms with Crippen LogP contribution in [-0.4, -0.2) is 38.8 Å². The Morgan fingerprint density at radius 3 is 2.47 bits per heavy atom. The van der Waals surface area contributed by atoms with Gasteiger partial charge in [-0.25, -0.2) is 4.68 Å². The van der Waals surface area contributed by atoms with Gasteiger partial charge in [-0.2, -0.15) is 5.10 Å². The number of aromatic nitrogens is 3.